The quantitative estimate of drug-likeness (QED) is 0.645. The van der Waals surface area contributed by atoms with Gasteiger partial charge >= 0.3 is 11.9 Å². The van der Waals surface area contributed by atoms with E-state index < -0.39 is 29.4 Å². The van der Waals surface area contributed by atoms with Crippen LogP contribution in [0, 0.1) is 28.6 Å². The lowest BCUT2D eigenvalue weighted by atomic mass is 9.99. The third-order valence-electron chi connectivity index (χ3n) is 2.57. The van der Waals surface area contributed by atoms with Crippen LogP contribution in [-0.2, 0) is 9.59 Å². The minimum absolute atomic E-state index is 0.0181. The van der Waals surface area contributed by atoms with Crippen LogP contribution >= 0.6 is 0 Å². The molecule has 0 aromatic rings. The number of hydrogen-bond acceptors (Lipinski definition) is 6. The van der Waals surface area contributed by atoms with Gasteiger partial charge in [0.2, 0.25) is 0 Å². The van der Waals surface area contributed by atoms with Gasteiger partial charge in [0.25, 0.3) is 0 Å². The molecule has 0 rings (SSSR count). The van der Waals surface area contributed by atoms with E-state index in [0.29, 0.717) is 0 Å². The fourth-order valence-electron chi connectivity index (χ4n) is 1.26. The van der Waals surface area contributed by atoms with Gasteiger partial charge in [-0.1, -0.05) is 0 Å². The highest BCUT2D eigenvalue weighted by atomic mass is 16.4. The Morgan fingerprint density at radius 2 is 1.95 bits per heavy atom. The number of nitrogens with zero attached hydrogens (tertiary/aromatic N) is 4. The van der Waals surface area contributed by atoms with Crippen molar-refractivity contribution in [2.75, 3.05) is 0 Å². The molecule has 0 aromatic carbocycles. The third kappa shape index (κ3) is 6.45. The lowest BCUT2D eigenvalue weighted by Gasteiger charge is -2.15. The molecule has 0 radical (unpaired) electrons. The summed E-state index contributed by atoms with van der Waals surface area (Å²) in [6.45, 7) is 2.94. The van der Waals surface area contributed by atoms with Crippen molar-refractivity contribution in [1.29, 1.82) is 10.5 Å². The van der Waals surface area contributed by atoms with E-state index in [1.165, 1.54) is 6.92 Å². The topological polar surface area (TPSA) is 147 Å². The number of carboxylic acids is 2. The van der Waals surface area contributed by atoms with E-state index in [2.05, 4.69) is 10.2 Å². The predicted octanol–water partition coefficient (Wildman–Crippen LogP) is 1.59. The molecule has 0 aliphatic heterocycles. The van der Waals surface area contributed by atoms with Crippen molar-refractivity contribution in [3.05, 3.63) is 0 Å². The van der Waals surface area contributed by atoms with E-state index in [1.807, 2.05) is 12.1 Å². The van der Waals surface area contributed by atoms with Crippen LogP contribution in [-0.4, -0.2) is 33.7 Å². The molecule has 0 aliphatic rings. The Hall–Kier alpha value is -2.48. The molecule has 108 valence electrons. The average molecular weight is 280 g/mol. The van der Waals surface area contributed by atoms with Gasteiger partial charge in [-0.25, -0.2) is 4.79 Å². The van der Waals surface area contributed by atoms with E-state index >= 15 is 0 Å². The first kappa shape index (κ1) is 17.5. The standard InChI is InChI=1S/C12H16N4O4/c1-8(6-13)5-9(11(19)20)15-16-12(2,7-14)4-3-10(17)18/h8-9H,3-5H2,1-2H3,(H,17,18)(H,19,20). The van der Waals surface area contributed by atoms with Gasteiger partial charge in [-0.2, -0.15) is 20.8 Å². The Labute approximate surface area is 116 Å². The maximum atomic E-state index is 11.0. The van der Waals surface area contributed by atoms with E-state index in [0.717, 1.165) is 0 Å². The summed E-state index contributed by atoms with van der Waals surface area (Å²) in [6.07, 6.45) is -0.354. The molecule has 0 aliphatic carbocycles. The second-order valence-corrected chi connectivity index (χ2v) is 4.61. The van der Waals surface area contributed by atoms with Crippen LogP contribution in [0.5, 0.6) is 0 Å². The van der Waals surface area contributed by atoms with Crippen molar-refractivity contribution < 1.29 is 19.8 Å². The molecule has 20 heavy (non-hydrogen) atoms. The van der Waals surface area contributed by atoms with Crippen molar-refractivity contribution in [3.8, 4) is 12.1 Å². The first-order chi connectivity index (χ1) is 9.24. The molecule has 0 spiro atoms. The second-order valence-electron chi connectivity index (χ2n) is 4.61. The smallest absolute Gasteiger partial charge is 0.330 e. The summed E-state index contributed by atoms with van der Waals surface area (Å²) in [5, 5.41) is 42.4. The molecule has 8 nitrogen and oxygen atoms in total. The van der Waals surface area contributed by atoms with Crippen LogP contribution in [0.4, 0.5) is 0 Å². The Balaban J connectivity index is 4.90. The Morgan fingerprint density at radius 3 is 2.35 bits per heavy atom. The Kier molecular flexibility index (Phi) is 6.87. The average Bonchev–Trinajstić information content (AvgIpc) is 2.40. The third-order valence-corrected chi connectivity index (χ3v) is 2.57. The molecular weight excluding hydrogens is 264 g/mol. The second kappa shape index (κ2) is 7.85. The van der Waals surface area contributed by atoms with Crippen molar-refractivity contribution in [2.24, 2.45) is 16.1 Å². The lowest BCUT2D eigenvalue weighted by Crippen LogP contribution is -2.24. The van der Waals surface area contributed by atoms with Crippen molar-refractivity contribution in [1.82, 2.24) is 0 Å². The summed E-state index contributed by atoms with van der Waals surface area (Å²) < 4.78 is 0. The predicted molar refractivity (Wildman–Crippen MR) is 66.6 cm³/mol. The van der Waals surface area contributed by atoms with Gasteiger partial charge in [-0.15, -0.1) is 0 Å². The van der Waals surface area contributed by atoms with Crippen LogP contribution in [0.25, 0.3) is 0 Å². The van der Waals surface area contributed by atoms with Crippen LogP contribution in [0.1, 0.15) is 33.1 Å². The first-order valence-corrected chi connectivity index (χ1v) is 5.91. The Morgan fingerprint density at radius 1 is 1.35 bits per heavy atom. The molecule has 3 unspecified atom stereocenters. The van der Waals surface area contributed by atoms with Crippen molar-refractivity contribution >= 4 is 11.9 Å². The fraction of sp³-hybridized carbons (Fsp3) is 0.667. The number of aliphatic carboxylic acids is 2. The molecule has 0 bridgehead atoms. The zero-order chi connectivity index (χ0) is 15.8. The zero-order valence-corrected chi connectivity index (χ0v) is 11.3. The summed E-state index contributed by atoms with van der Waals surface area (Å²) >= 11 is 0. The molecule has 0 saturated carbocycles. The summed E-state index contributed by atoms with van der Waals surface area (Å²) in [5.74, 6) is -2.83. The van der Waals surface area contributed by atoms with E-state index in [4.69, 9.17) is 20.7 Å². The van der Waals surface area contributed by atoms with Gasteiger partial charge < -0.3 is 10.2 Å². The Bertz CT molecular complexity index is 477. The monoisotopic (exact) mass is 280 g/mol. The van der Waals surface area contributed by atoms with Crippen molar-refractivity contribution in [2.45, 2.75) is 44.7 Å². The number of carbonyl (C=O) groups is 2. The van der Waals surface area contributed by atoms with Crippen LogP contribution < -0.4 is 0 Å². The molecule has 0 aromatic heterocycles. The number of azo groups is 1. The van der Waals surface area contributed by atoms with Crippen LogP contribution in [0.3, 0.4) is 0 Å². The van der Waals surface area contributed by atoms with Gasteiger partial charge in [0.15, 0.2) is 11.6 Å². The number of rotatable bonds is 8. The van der Waals surface area contributed by atoms with Gasteiger partial charge in [0.05, 0.1) is 12.1 Å². The molecule has 8 heteroatoms. The SMILES string of the molecule is CC(C#N)CC(N=NC(C)(C#N)CCC(=O)O)C(=O)O. The normalized spacial score (nSPS) is 16.6. The number of nitriles is 2. The van der Waals surface area contributed by atoms with Crippen molar-refractivity contribution in [3.63, 3.8) is 0 Å². The minimum atomic E-state index is -1.39. The van der Waals surface area contributed by atoms with Gasteiger partial charge in [0.1, 0.15) is 0 Å². The number of hydrogen-bond donors (Lipinski definition) is 2. The molecule has 2 N–H and O–H groups in total. The van der Waals surface area contributed by atoms with Gasteiger partial charge in [-0.05, 0) is 26.7 Å². The lowest BCUT2D eigenvalue weighted by molar-refractivity contribution is -0.139. The minimum Gasteiger partial charge on any atom is -0.481 e. The molecule has 0 saturated heterocycles. The number of carboxylic acid groups (broad SMARTS) is 2. The molecule has 3 atom stereocenters. The largest absolute Gasteiger partial charge is 0.481 e. The molecular formula is C12H16N4O4. The molecule has 0 heterocycles. The maximum Gasteiger partial charge on any atom is 0.330 e. The van der Waals surface area contributed by atoms with E-state index in [1.54, 1.807) is 6.92 Å². The highest BCUT2D eigenvalue weighted by Crippen LogP contribution is 2.19. The zero-order valence-electron chi connectivity index (χ0n) is 11.3. The highest BCUT2D eigenvalue weighted by molar-refractivity contribution is 5.73. The molecule has 0 amide bonds. The van der Waals surface area contributed by atoms with Crippen LogP contribution in [0.2, 0.25) is 0 Å². The fourth-order valence-corrected chi connectivity index (χ4v) is 1.26. The van der Waals surface area contributed by atoms with Gasteiger partial charge in [0, 0.05) is 12.3 Å². The van der Waals surface area contributed by atoms with E-state index in [-0.39, 0.29) is 19.3 Å². The summed E-state index contributed by atoms with van der Waals surface area (Å²) in [4.78, 5) is 21.5. The summed E-state index contributed by atoms with van der Waals surface area (Å²) in [5.41, 5.74) is -1.39. The maximum absolute atomic E-state index is 11.0. The molecule has 0 fully saturated rings. The van der Waals surface area contributed by atoms with Crippen LogP contribution in [0.15, 0.2) is 10.2 Å². The first-order valence-electron chi connectivity index (χ1n) is 5.91. The van der Waals surface area contributed by atoms with Gasteiger partial charge in [-0.3, -0.25) is 4.79 Å². The summed E-state index contributed by atoms with van der Waals surface area (Å²) in [7, 11) is 0. The summed E-state index contributed by atoms with van der Waals surface area (Å²) in [6, 6.07) is 2.49. The van der Waals surface area contributed by atoms with E-state index in [9.17, 15) is 9.59 Å². The highest BCUT2D eigenvalue weighted by Gasteiger charge is 2.27.